The molecule has 0 spiro atoms. The van der Waals surface area contributed by atoms with Crippen LogP contribution in [-0.4, -0.2) is 18.0 Å². The number of halogens is 6. The molecule has 0 saturated carbocycles. The molecule has 1 aromatic carbocycles. The molecule has 0 aliphatic carbocycles. The number of rotatable bonds is 5. The molecule has 2 rings (SSSR count). The van der Waals surface area contributed by atoms with Crippen molar-refractivity contribution < 1.29 is 35.9 Å². The lowest BCUT2D eigenvalue weighted by molar-refractivity contribution is -0.162. The van der Waals surface area contributed by atoms with E-state index in [0.29, 0.717) is 22.6 Å². The Labute approximate surface area is 165 Å². The van der Waals surface area contributed by atoms with Gasteiger partial charge in [-0.1, -0.05) is 12.1 Å². The number of nitrogens with two attached hydrogens (primary N) is 1. The van der Waals surface area contributed by atoms with Crippen molar-refractivity contribution in [2.45, 2.75) is 25.3 Å². The second kappa shape index (κ2) is 8.27. The molecule has 11 heteroatoms. The first-order valence-electron chi connectivity index (χ1n) is 7.91. The van der Waals surface area contributed by atoms with Gasteiger partial charge in [0, 0.05) is 11.0 Å². The van der Waals surface area contributed by atoms with Crippen LogP contribution in [0, 0.1) is 6.92 Å². The molecule has 0 radical (unpaired) electrons. The highest BCUT2D eigenvalue weighted by molar-refractivity contribution is 7.15. The third-order valence-electron chi connectivity index (χ3n) is 3.72. The number of aryl methyl sites for hydroxylation is 1. The molecular formula is C18H14F6N2O2S. The van der Waals surface area contributed by atoms with E-state index in [2.05, 4.69) is 0 Å². The van der Waals surface area contributed by atoms with Gasteiger partial charge in [-0.05, 0) is 42.3 Å². The van der Waals surface area contributed by atoms with Gasteiger partial charge in [-0.25, -0.2) is 0 Å². The van der Waals surface area contributed by atoms with Crippen molar-refractivity contribution in [2.24, 2.45) is 5.73 Å². The predicted molar refractivity (Wildman–Crippen MR) is 95.0 cm³/mol. The van der Waals surface area contributed by atoms with E-state index in [-0.39, 0.29) is 4.88 Å². The summed E-state index contributed by atoms with van der Waals surface area (Å²) in [5, 5.41) is 1.66. The van der Waals surface area contributed by atoms with Crippen LogP contribution in [0.3, 0.4) is 0 Å². The lowest BCUT2D eigenvalue weighted by Crippen LogP contribution is -2.37. The number of alkyl halides is 6. The van der Waals surface area contributed by atoms with E-state index < -0.39 is 41.3 Å². The Morgan fingerprint density at radius 2 is 1.79 bits per heavy atom. The first kappa shape index (κ1) is 22.5. The van der Waals surface area contributed by atoms with Gasteiger partial charge in [0.25, 0.3) is 5.91 Å². The largest absolute Gasteiger partial charge is 0.416 e. The van der Waals surface area contributed by atoms with E-state index in [1.54, 1.807) is 12.2 Å². The minimum Gasteiger partial charge on any atom is -0.365 e. The van der Waals surface area contributed by atoms with Crippen LogP contribution in [0.4, 0.5) is 26.3 Å². The summed E-state index contributed by atoms with van der Waals surface area (Å²) in [6.07, 6.45) is -7.88. The van der Waals surface area contributed by atoms with Crippen molar-refractivity contribution in [3.05, 3.63) is 62.9 Å². The summed E-state index contributed by atoms with van der Waals surface area (Å²) in [6.45, 7) is 1.60. The molecule has 1 aromatic heterocycles. The lowest BCUT2D eigenvalue weighted by Gasteiger charge is -2.22. The van der Waals surface area contributed by atoms with Crippen LogP contribution in [0.5, 0.6) is 0 Å². The van der Waals surface area contributed by atoms with E-state index in [9.17, 15) is 35.9 Å². The molecule has 29 heavy (non-hydrogen) atoms. The van der Waals surface area contributed by atoms with E-state index in [4.69, 9.17) is 5.73 Å². The number of hydrogen-bond donors (Lipinski definition) is 2. The van der Waals surface area contributed by atoms with Crippen LogP contribution in [0.2, 0.25) is 0 Å². The number of amides is 2. The molecule has 1 unspecified atom stereocenters. The molecule has 2 aromatic rings. The summed E-state index contributed by atoms with van der Waals surface area (Å²) in [5.41, 5.74) is 3.69. The molecular weight excluding hydrogens is 422 g/mol. The van der Waals surface area contributed by atoms with Crippen LogP contribution in [0.25, 0.3) is 6.08 Å². The summed E-state index contributed by atoms with van der Waals surface area (Å²) in [7, 11) is 0. The van der Waals surface area contributed by atoms with E-state index in [1.807, 2.05) is 0 Å². The number of hydrogen-bond acceptors (Lipinski definition) is 3. The van der Waals surface area contributed by atoms with Gasteiger partial charge in [-0.2, -0.15) is 26.3 Å². The SMILES string of the molecule is Cc1cc(/C=C/C(=O)NC(c2cccc(C(F)(F)F)c2)C(F)(F)F)sc1C(N)=O. The average Bonchev–Trinajstić information content (AvgIpc) is 2.97. The van der Waals surface area contributed by atoms with E-state index in [0.717, 1.165) is 29.5 Å². The van der Waals surface area contributed by atoms with Crippen molar-refractivity contribution >= 4 is 29.2 Å². The molecule has 2 amide bonds. The van der Waals surface area contributed by atoms with Gasteiger partial charge in [0.1, 0.15) is 0 Å². The van der Waals surface area contributed by atoms with Crippen LogP contribution >= 0.6 is 11.3 Å². The first-order valence-corrected chi connectivity index (χ1v) is 8.73. The zero-order chi connectivity index (χ0) is 22.0. The Balaban J connectivity index is 2.24. The second-order valence-corrected chi connectivity index (χ2v) is 7.05. The van der Waals surface area contributed by atoms with Crippen LogP contribution in [0.15, 0.2) is 36.4 Å². The zero-order valence-corrected chi connectivity index (χ0v) is 15.5. The van der Waals surface area contributed by atoms with Gasteiger partial charge in [-0.3, -0.25) is 9.59 Å². The topological polar surface area (TPSA) is 72.2 Å². The van der Waals surface area contributed by atoms with Crippen LogP contribution in [0.1, 0.15) is 37.3 Å². The fourth-order valence-electron chi connectivity index (χ4n) is 2.43. The Kier molecular flexibility index (Phi) is 6.41. The lowest BCUT2D eigenvalue weighted by atomic mass is 10.0. The van der Waals surface area contributed by atoms with Crippen molar-refractivity contribution in [2.75, 3.05) is 0 Å². The average molecular weight is 436 g/mol. The molecule has 4 nitrogen and oxygen atoms in total. The Morgan fingerprint density at radius 1 is 1.14 bits per heavy atom. The van der Waals surface area contributed by atoms with Gasteiger partial charge >= 0.3 is 12.4 Å². The summed E-state index contributed by atoms with van der Waals surface area (Å²) in [4.78, 5) is 23.8. The second-order valence-electron chi connectivity index (χ2n) is 5.96. The van der Waals surface area contributed by atoms with Crippen molar-refractivity contribution in [1.82, 2.24) is 5.32 Å². The van der Waals surface area contributed by atoms with Crippen LogP contribution < -0.4 is 11.1 Å². The van der Waals surface area contributed by atoms with Gasteiger partial charge in [0.15, 0.2) is 6.04 Å². The molecule has 156 valence electrons. The summed E-state index contributed by atoms with van der Waals surface area (Å²) < 4.78 is 78.3. The normalized spacial score (nSPS) is 13.5. The maximum absolute atomic E-state index is 13.3. The molecule has 1 heterocycles. The van der Waals surface area contributed by atoms with Gasteiger partial charge in [0.05, 0.1) is 10.4 Å². The fourth-order valence-corrected chi connectivity index (χ4v) is 3.36. The highest BCUT2D eigenvalue weighted by Gasteiger charge is 2.42. The monoisotopic (exact) mass is 436 g/mol. The van der Waals surface area contributed by atoms with Crippen molar-refractivity contribution in [3.8, 4) is 0 Å². The molecule has 0 saturated heterocycles. The number of benzene rings is 1. The smallest absolute Gasteiger partial charge is 0.365 e. The molecule has 0 bridgehead atoms. The molecule has 3 N–H and O–H groups in total. The summed E-state index contributed by atoms with van der Waals surface area (Å²) in [5.74, 6) is -1.85. The third kappa shape index (κ3) is 5.83. The minimum atomic E-state index is -5.02. The predicted octanol–water partition coefficient (Wildman–Crippen LogP) is 4.61. The fraction of sp³-hybridized carbons (Fsp3) is 0.222. The van der Waals surface area contributed by atoms with Gasteiger partial charge in [0.2, 0.25) is 5.91 Å². The Bertz CT molecular complexity index is 947. The van der Waals surface area contributed by atoms with Crippen molar-refractivity contribution in [3.63, 3.8) is 0 Å². The van der Waals surface area contributed by atoms with Gasteiger partial charge < -0.3 is 11.1 Å². The highest BCUT2D eigenvalue weighted by atomic mass is 32.1. The van der Waals surface area contributed by atoms with Gasteiger partial charge in [-0.15, -0.1) is 11.3 Å². The maximum Gasteiger partial charge on any atom is 0.416 e. The number of nitrogens with one attached hydrogen (secondary N) is 1. The zero-order valence-electron chi connectivity index (χ0n) is 14.7. The molecule has 0 fully saturated rings. The third-order valence-corrected chi connectivity index (χ3v) is 4.94. The Morgan fingerprint density at radius 3 is 2.31 bits per heavy atom. The number of carbonyl (C=O) groups is 2. The van der Waals surface area contributed by atoms with E-state index >= 15 is 0 Å². The standard InChI is InChI=1S/C18H14F6N2O2S/c1-9-7-12(29-14(9)16(25)28)5-6-13(27)26-15(18(22,23)24)10-3-2-4-11(8-10)17(19,20)21/h2-8,15H,1H3,(H2,25,28)(H,26,27)/b6-5+. The number of primary amides is 1. The summed E-state index contributed by atoms with van der Waals surface area (Å²) in [6, 6.07) is 1.53. The summed E-state index contributed by atoms with van der Waals surface area (Å²) >= 11 is 0.947. The maximum atomic E-state index is 13.3. The molecule has 0 aliphatic rings. The highest BCUT2D eigenvalue weighted by Crippen LogP contribution is 2.36. The number of thiophene rings is 1. The quantitative estimate of drug-likeness (QED) is 0.531. The van der Waals surface area contributed by atoms with E-state index in [1.165, 1.54) is 12.1 Å². The Hall–Kier alpha value is -2.82. The van der Waals surface area contributed by atoms with Crippen LogP contribution in [-0.2, 0) is 11.0 Å². The number of carbonyl (C=O) groups excluding carboxylic acids is 2. The minimum absolute atomic E-state index is 0.238. The molecule has 1 atom stereocenters. The van der Waals surface area contributed by atoms with Crippen molar-refractivity contribution in [1.29, 1.82) is 0 Å². The molecule has 0 aliphatic heterocycles. The first-order chi connectivity index (χ1) is 13.3.